The number of para-hydroxylation sites is 1. The number of ether oxygens (including phenoxy) is 1. The Bertz CT molecular complexity index is 910. The van der Waals surface area contributed by atoms with Gasteiger partial charge in [0.2, 0.25) is 0 Å². The molecule has 0 saturated carbocycles. The van der Waals surface area contributed by atoms with Gasteiger partial charge in [-0.15, -0.1) is 0 Å². The average molecular weight is 336 g/mol. The third kappa shape index (κ3) is 3.55. The van der Waals surface area contributed by atoms with Crippen molar-refractivity contribution in [2.75, 3.05) is 13.7 Å². The first-order valence-corrected chi connectivity index (χ1v) is 8.13. The minimum Gasteiger partial charge on any atom is -0.465 e. The van der Waals surface area contributed by atoms with Gasteiger partial charge in [0.1, 0.15) is 0 Å². The molecular formula is C20H20N2O3. The summed E-state index contributed by atoms with van der Waals surface area (Å²) in [7, 11) is 1.33. The largest absolute Gasteiger partial charge is 0.465 e. The number of fused-ring (bicyclic) bond motifs is 1. The molecule has 3 rings (SSSR count). The van der Waals surface area contributed by atoms with Gasteiger partial charge >= 0.3 is 5.97 Å². The lowest BCUT2D eigenvalue weighted by Crippen LogP contribution is -2.25. The van der Waals surface area contributed by atoms with Crippen molar-refractivity contribution in [1.82, 2.24) is 10.3 Å². The second kappa shape index (κ2) is 7.21. The van der Waals surface area contributed by atoms with E-state index >= 15 is 0 Å². The van der Waals surface area contributed by atoms with Gasteiger partial charge in [-0.3, -0.25) is 4.79 Å². The highest BCUT2D eigenvalue weighted by atomic mass is 16.5. The molecule has 3 aromatic rings. The van der Waals surface area contributed by atoms with Crippen molar-refractivity contribution >= 4 is 22.8 Å². The number of aromatic nitrogens is 1. The van der Waals surface area contributed by atoms with Crippen LogP contribution in [0.3, 0.4) is 0 Å². The molecule has 1 aromatic heterocycles. The predicted octanol–water partition coefficient (Wildman–Crippen LogP) is 3.24. The Labute approximate surface area is 146 Å². The van der Waals surface area contributed by atoms with Crippen molar-refractivity contribution in [3.8, 4) is 0 Å². The molecule has 0 fully saturated rings. The Kier molecular flexibility index (Phi) is 4.84. The van der Waals surface area contributed by atoms with Crippen LogP contribution in [0, 0.1) is 6.92 Å². The smallest absolute Gasteiger partial charge is 0.337 e. The van der Waals surface area contributed by atoms with Crippen molar-refractivity contribution < 1.29 is 14.3 Å². The van der Waals surface area contributed by atoms with E-state index < -0.39 is 5.97 Å². The number of esters is 1. The Morgan fingerprint density at radius 1 is 1.04 bits per heavy atom. The second-order valence-corrected chi connectivity index (χ2v) is 5.85. The van der Waals surface area contributed by atoms with E-state index in [9.17, 15) is 9.59 Å². The quantitative estimate of drug-likeness (QED) is 0.703. The molecule has 0 spiro atoms. The predicted molar refractivity (Wildman–Crippen MR) is 96.9 cm³/mol. The van der Waals surface area contributed by atoms with Crippen LogP contribution in [0.5, 0.6) is 0 Å². The lowest BCUT2D eigenvalue weighted by atomic mass is 10.1. The fourth-order valence-corrected chi connectivity index (χ4v) is 2.94. The van der Waals surface area contributed by atoms with Crippen LogP contribution in [-0.2, 0) is 11.2 Å². The number of aromatic amines is 1. The van der Waals surface area contributed by atoms with Gasteiger partial charge in [-0.05, 0) is 49.2 Å². The first-order chi connectivity index (χ1) is 12.1. The molecule has 128 valence electrons. The number of benzene rings is 2. The van der Waals surface area contributed by atoms with Crippen LogP contribution in [0.4, 0.5) is 0 Å². The number of rotatable bonds is 5. The molecule has 0 aliphatic rings. The van der Waals surface area contributed by atoms with E-state index in [0.717, 1.165) is 17.6 Å². The third-order valence-electron chi connectivity index (χ3n) is 4.26. The molecular weight excluding hydrogens is 316 g/mol. The highest BCUT2D eigenvalue weighted by Gasteiger charge is 2.10. The summed E-state index contributed by atoms with van der Waals surface area (Å²) in [5.41, 5.74) is 4.39. The van der Waals surface area contributed by atoms with Crippen molar-refractivity contribution in [3.05, 3.63) is 70.9 Å². The number of methoxy groups -OCH3 is 1. The first kappa shape index (κ1) is 16.8. The highest BCUT2D eigenvalue weighted by molar-refractivity contribution is 5.96. The van der Waals surface area contributed by atoms with Crippen LogP contribution in [0.1, 0.15) is 32.0 Å². The molecule has 1 heterocycles. The van der Waals surface area contributed by atoms with E-state index in [1.54, 1.807) is 24.3 Å². The summed E-state index contributed by atoms with van der Waals surface area (Å²) in [4.78, 5) is 27.0. The lowest BCUT2D eigenvalue weighted by molar-refractivity contribution is 0.0600. The van der Waals surface area contributed by atoms with Crippen LogP contribution >= 0.6 is 0 Å². The number of hydrogen-bond acceptors (Lipinski definition) is 3. The molecule has 5 nitrogen and oxygen atoms in total. The Hall–Kier alpha value is -3.08. The zero-order valence-electron chi connectivity index (χ0n) is 14.3. The molecule has 0 atom stereocenters. The number of carbonyl (C=O) groups excluding carboxylic acids is 2. The lowest BCUT2D eigenvalue weighted by Gasteiger charge is -2.06. The second-order valence-electron chi connectivity index (χ2n) is 5.85. The zero-order chi connectivity index (χ0) is 17.8. The van der Waals surface area contributed by atoms with Crippen LogP contribution in [-0.4, -0.2) is 30.5 Å². The first-order valence-electron chi connectivity index (χ1n) is 8.13. The van der Waals surface area contributed by atoms with E-state index in [-0.39, 0.29) is 5.91 Å². The van der Waals surface area contributed by atoms with Gasteiger partial charge in [-0.1, -0.05) is 18.2 Å². The van der Waals surface area contributed by atoms with Crippen LogP contribution in [0.2, 0.25) is 0 Å². The maximum Gasteiger partial charge on any atom is 0.337 e. The fourth-order valence-electron chi connectivity index (χ4n) is 2.94. The van der Waals surface area contributed by atoms with Crippen molar-refractivity contribution in [2.45, 2.75) is 13.3 Å². The molecule has 2 N–H and O–H groups in total. The summed E-state index contributed by atoms with van der Waals surface area (Å²) in [6, 6.07) is 14.6. The summed E-state index contributed by atoms with van der Waals surface area (Å²) in [5.74, 6) is -0.573. The van der Waals surface area contributed by atoms with Crippen LogP contribution in [0.15, 0.2) is 48.5 Å². The van der Waals surface area contributed by atoms with Crippen molar-refractivity contribution in [1.29, 1.82) is 0 Å². The summed E-state index contributed by atoms with van der Waals surface area (Å²) in [5, 5.41) is 4.11. The Morgan fingerprint density at radius 3 is 2.44 bits per heavy atom. The summed E-state index contributed by atoms with van der Waals surface area (Å²) >= 11 is 0. The van der Waals surface area contributed by atoms with Gasteiger partial charge in [-0.25, -0.2) is 4.79 Å². The van der Waals surface area contributed by atoms with Crippen molar-refractivity contribution in [2.24, 2.45) is 0 Å². The van der Waals surface area contributed by atoms with Crippen molar-refractivity contribution in [3.63, 3.8) is 0 Å². The van der Waals surface area contributed by atoms with E-state index in [1.165, 1.54) is 18.1 Å². The van der Waals surface area contributed by atoms with Gasteiger partial charge < -0.3 is 15.0 Å². The van der Waals surface area contributed by atoms with E-state index in [1.807, 2.05) is 25.1 Å². The van der Waals surface area contributed by atoms with Crippen LogP contribution in [0.25, 0.3) is 10.9 Å². The van der Waals surface area contributed by atoms with Crippen LogP contribution < -0.4 is 5.32 Å². The molecule has 0 saturated heterocycles. The van der Waals surface area contributed by atoms with Gasteiger partial charge in [0.25, 0.3) is 5.91 Å². The van der Waals surface area contributed by atoms with Gasteiger partial charge in [0, 0.05) is 28.7 Å². The van der Waals surface area contributed by atoms with E-state index in [2.05, 4.69) is 21.1 Å². The minimum absolute atomic E-state index is 0.158. The number of amides is 1. The normalized spacial score (nSPS) is 10.6. The minimum atomic E-state index is -0.415. The maximum absolute atomic E-state index is 12.2. The SMILES string of the molecule is COC(=O)c1ccc(C(=O)NCCc2c(C)[nH]c3ccccc23)cc1. The monoisotopic (exact) mass is 336 g/mol. The van der Waals surface area contributed by atoms with E-state index in [4.69, 9.17) is 0 Å². The molecule has 0 bridgehead atoms. The maximum atomic E-state index is 12.2. The molecule has 25 heavy (non-hydrogen) atoms. The number of nitrogens with one attached hydrogen (secondary N) is 2. The van der Waals surface area contributed by atoms with Gasteiger partial charge in [0.15, 0.2) is 0 Å². The number of hydrogen-bond donors (Lipinski definition) is 2. The van der Waals surface area contributed by atoms with Gasteiger partial charge in [-0.2, -0.15) is 0 Å². The molecule has 2 aromatic carbocycles. The average Bonchev–Trinajstić information content (AvgIpc) is 2.96. The Morgan fingerprint density at radius 2 is 1.72 bits per heavy atom. The third-order valence-corrected chi connectivity index (χ3v) is 4.26. The number of carbonyl (C=O) groups is 2. The fraction of sp³-hybridized carbons (Fsp3) is 0.200. The summed E-state index contributed by atoms with van der Waals surface area (Å²) in [6.45, 7) is 2.59. The summed E-state index contributed by atoms with van der Waals surface area (Å²) in [6.07, 6.45) is 0.752. The van der Waals surface area contributed by atoms with Gasteiger partial charge in [0.05, 0.1) is 12.7 Å². The Balaban J connectivity index is 1.62. The molecule has 0 radical (unpaired) electrons. The molecule has 0 aliphatic heterocycles. The molecule has 0 aliphatic carbocycles. The topological polar surface area (TPSA) is 71.2 Å². The number of aryl methyl sites for hydroxylation is 1. The highest BCUT2D eigenvalue weighted by Crippen LogP contribution is 2.21. The summed E-state index contributed by atoms with van der Waals surface area (Å²) < 4.78 is 4.65. The molecule has 0 unspecified atom stereocenters. The standard InChI is InChI=1S/C20H20N2O3/c1-13-16(17-5-3-4-6-18(17)22-13)11-12-21-19(23)14-7-9-15(10-8-14)20(24)25-2/h3-10,22H,11-12H2,1-2H3,(H,21,23). The zero-order valence-corrected chi connectivity index (χ0v) is 14.3. The van der Waals surface area contributed by atoms with E-state index in [0.29, 0.717) is 17.7 Å². The number of H-pyrrole nitrogens is 1. The molecule has 1 amide bonds. The molecule has 5 heteroatoms.